The van der Waals surface area contributed by atoms with Crippen LogP contribution in [0.3, 0.4) is 0 Å². The number of nitrogens with zero attached hydrogens (tertiary/aromatic N) is 1. The van der Waals surface area contributed by atoms with Crippen LogP contribution in [-0.4, -0.2) is 16.5 Å². The predicted molar refractivity (Wildman–Crippen MR) is 68.6 cm³/mol. The van der Waals surface area contributed by atoms with Crippen molar-refractivity contribution < 1.29 is 0 Å². The number of aryl methyl sites for hydroxylation is 2. The Kier molecular flexibility index (Phi) is 3.74. The Morgan fingerprint density at radius 2 is 2.31 bits per heavy atom. The van der Waals surface area contributed by atoms with E-state index in [2.05, 4.69) is 34.4 Å². The van der Waals surface area contributed by atoms with Gasteiger partial charge in [0.05, 0.1) is 4.88 Å². The first-order valence-corrected chi connectivity index (χ1v) is 6.48. The van der Waals surface area contributed by atoms with Crippen LogP contribution in [0.2, 0.25) is 0 Å². The number of rotatable bonds is 5. The predicted octanol–water partition coefficient (Wildman–Crippen LogP) is 2.73. The number of nitrogens with two attached hydrogens (primary N) is 1. The molecule has 4 heteroatoms. The molecule has 86 valence electrons. The zero-order valence-electron chi connectivity index (χ0n) is 9.49. The van der Waals surface area contributed by atoms with Crippen molar-refractivity contribution in [2.24, 2.45) is 5.73 Å². The molecule has 0 amide bonds. The van der Waals surface area contributed by atoms with E-state index in [0.717, 1.165) is 43.0 Å². The summed E-state index contributed by atoms with van der Waals surface area (Å²) in [7, 11) is 0. The van der Waals surface area contributed by atoms with Crippen molar-refractivity contribution in [1.29, 1.82) is 0 Å². The van der Waals surface area contributed by atoms with Crippen LogP contribution < -0.4 is 5.73 Å². The summed E-state index contributed by atoms with van der Waals surface area (Å²) < 4.78 is 0. The van der Waals surface area contributed by atoms with Gasteiger partial charge in [-0.25, -0.2) is 4.98 Å². The quantitative estimate of drug-likeness (QED) is 0.783. The van der Waals surface area contributed by atoms with Crippen molar-refractivity contribution >= 4 is 11.3 Å². The molecule has 0 aromatic carbocycles. The summed E-state index contributed by atoms with van der Waals surface area (Å²) in [5, 5.41) is 2.08. The molecule has 0 atom stereocenters. The summed E-state index contributed by atoms with van der Waals surface area (Å²) in [4.78, 5) is 9.22. The highest BCUT2D eigenvalue weighted by Gasteiger charge is 2.09. The van der Waals surface area contributed by atoms with E-state index in [4.69, 9.17) is 5.73 Å². The molecule has 0 aliphatic carbocycles. The summed E-state index contributed by atoms with van der Waals surface area (Å²) in [6, 6.07) is 4.17. The van der Waals surface area contributed by atoms with Crippen LogP contribution in [0.15, 0.2) is 17.5 Å². The normalized spacial score (nSPS) is 10.9. The van der Waals surface area contributed by atoms with Crippen LogP contribution in [-0.2, 0) is 6.42 Å². The fourth-order valence-electron chi connectivity index (χ4n) is 1.73. The van der Waals surface area contributed by atoms with Crippen LogP contribution in [0.25, 0.3) is 10.6 Å². The smallest absolute Gasteiger partial charge is 0.107 e. The Balaban J connectivity index is 2.10. The molecule has 0 aliphatic rings. The number of aromatic amines is 1. The van der Waals surface area contributed by atoms with Gasteiger partial charge < -0.3 is 10.7 Å². The van der Waals surface area contributed by atoms with Gasteiger partial charge in [-0.3, -0.25) is 0 Å². The molecule has 0 spiro atoms. The molecule has 0 radical (unpaired) electrons. The molecule has 2 heterocycles. The number of thiophene rings is 1. The zero-order valence-corrected chi connectivity index (χ0v) is 10.3. The van der Waals surface area contributed by atoms with Crippen molar-refractivity contribution in [3.63, 3.8) is 0 Å². The largest absolute Gasteiger partial charge is 0.346 e. The molecule has 0 bridgehead atoms. The average Bonchev–Trinajstić information content (AvgIpc) is 2.87. The molecule has 16 heavy (non-hydrogen) atoms. The monoisotopic (exact) mass is 235 g/mol. The highest BCUT2D eigenvalue weighted by Crippen LogP contribution is 2.25. The molecule has 2 rings (SSSR count). The molecule has 3 nitrogen and oxygen atoms in total. The lowest BCUT2D eigenvalue weighted by Gasteiger charge is -1.94. The topological polar surface area (TPSA) is 54.7 Å². The van der Waals surface area contributed by atoms with E-state index in [-0.39, 0.29) is 0 Å². The molecule has 2 aromatic heterocycles. The Bertz CT molecular complexity index is 431. The Morgan fingerprint density at radius 3 is 3.00 bits per heavy atom. The average molecular weight is 235 g/mol. The molecule has 0 aliphatic heterocycles. The van der Waals surface area contributed by atoms with Gasteiger partial charge in [0, 0.05) is 12.1 Å². The second-order valence-electron chi connectivity index (χ2n) is 3.88. The summed E-state index contributed by atoms with van der Waals surface area (Å²) in [5.41, 5.74) is 7.73. The number of unbranched alkanes of at least 4 members (excludes halogenated alkanes) is 1. The first-order chi connectivity index (χ1) is 7.81. The molecule has 3 N–H and O–H groups in total. The van der Waals surface area contributed by atoms with Gasteiger partial charge in [-0.15, -0.1) is 11.3 Å². The van der Waals surface area contributed by atoms with Gasteiger partial charge in [-0.05, 0) is 37.8 Å². The second-order valence-corrected chi connectivity index (χ2v) is 4.83. The highest BCUT2D eigenvalue weighted by molar-refractivity contribution is 7.13. The van der Waals surface area contributed by atoms with E-state index < -0.39 is 0 Å². The number of nitrogens with one attached hydrogen (secondary N) is 1. The maximum Gasteiger partial charge on any atom is 0.107 e. The number of hydrogen-bond donors (Lipinski definition) is 2. The van der Waals surface area contributed by atoms with E-state index in [1.165, 1.54) is 4.88 Å². The van der Waals surface area contributed by atoms with E-state index in [0.29, 0.717) is 0 Å². The van der Waals surface area contributed by atoms with E-state index >= 15 is 0 Å². The summed E-state index contributed by atoms with van der Waals surface area (Å²) in [6.45, 7) is 2.84. The maximum atomic E-state index is 5.48. The van der Waals surface area contributed by atoms with Crippen molar-refractivity contribution in [1.82, 2.24) is 9.97 Å². The van der Waals surface area contributed by atoms with Crippen molar-refractivity contribution in [3.8, 4) is 10.6 Å². The van der Waals surface area contributed by atoms with E-state index in [9.17, 15) is 0 Å². The first kappa shape index (κ1) is 11.4. The van der Waals surface area contributed by atoms with Crippen LogP contribution in [0.5, 0.6) is 0 Å². The maximum absolute atomic E-state index is 5.48. The Labute approximate surface area is 99.7 Å². The minimum atomic E-state index is 0.761. The van der Waals surface area contributed by atoms with Gasteiger partial charge in [0.15, 0.2) is 0 Å². The summed E-state index contributed by atoms with van der Waals surface area (Å²) in [5.74, 6) is 1.08. The minimum Gasteiger partial charge on any atom is -0.346 e. The zero-order chi connectivity index (χ0) is 11.4. The summed E-state index contributed by atoms with van der Waals surface area (Å²) >= 11 is 1.73. The number of imidazole rings is 1. The third kappa shape index (κ3) is 2.51. The summed E-state index contributed by atoms with van der Waals surface area (Å²) in [6.07, 6.45) is 3.16. The van der Waals surface area contributed by atoms with Crippen molar-refractivity contribution in [2.45, 2.75) is 26.2 Å². The van der Waals surface area contributed by atoms with Crippen LogP contribution in [0.4, 0.5) is 0 Å². The molecule has 2 aromatic rings. The molecule has 0 fully saturated rings. The Morgan fingerprint density at radius 1 is 1.44 bits per heavy atom. The number of hydrogen-bond acceptors (Lipinski definition) is 3. The molecule has 0 saturated heterocycles. The fourth-order valence-corrected chi connectivity index (χ4v) is 2.50. The van der Waals surface area contributed by atoms with Gasteiger partial charge >= 0.3 is 0 Å². The second kappa shape index (κ2) is 5.27. The van der Waals surface area contributed by atoms with Crippen LogP contribution >= 0.6 is 11.3 Å². The first-order valence-electron chi connectivity index (χ1n) is 5.60. The molecular formula is C12H17N3S. The lowest BCUT2D eigenvalue weighted by Crippen LogP contribution is -1.99. The molecule has 0 unspecified atom stereocenters. The van der Waals surface area contributed by atoms with Crippen molar-refractivity contribution in [2.75, 3.05) is 6.54 Å². The molecule has 0 saturated carbocycles. The Hall–Kier alpha value is -1.13. The third-order valence-electron chi connectivity index (χ3n) is 2.56. The van der Waals surface area contributed by atoms with Gasteiger partial charge in [0.25, 0.3) is 0 Å². The van der Waals surface area contributed by atoms with Crippen molar-refractivity contribution in [3.05, 3.63) is 29.0 Å². The third-order valence-corrected chi connectivity index (χ3v) is 3.43. The van der Waals surface area contributed by atoms with E-state index in [1.54, 1.807) is 11.3 Å². The van der Waals surface area contributed by atoms with Crippen LogP contribution in [0.1, 0.15) is 24.4 Å². The SMILES string of the molecule is Cc1[nH]c(CCCCN)nc1-c1cccs1. The van der Waals surface area contributed by atoms with Gasteiger partial charge in [0.2, 0.25) is 0 Å². The van der Waals surface area contributed by atoms with Crippen LogP contribution in [0, 0.1) is 6.92 Å². The number of aromatic nitrogens is 2. The number of H-pyrrole nitrogens is 1. The van der Waals surface area contributed by atoms with Gasteiger partial charge in [-0.1, -0.05) is 6.07 Å². The fraction of sp³-hybridized carbons (Fsp3) is 0.417. The highest BCUT2D eigenvalue weighted by atomic mass is 32.1. The minimum absolute atomic E-state index is 0.761. The lowest BCUT2D eigenvalue weighted by atomic mass is 10.2. The lowest BCUT2D eigenvalue weighted by molar-refractivity contribution is 0.722. The van der Waals surface area contributed by atoms with Gasteiger partial charge in [-0.2, -0.15) is 0 Å². The standard InChI is InChI=1S/C12H17N3S/c1-9-12(10-5-4-8-16-10)15-11(14-9)6-2-3-7-13/h4-5,8H,2-3,6-7,13H2,1H3,(H,14,15). The van der Waals surface area contributed by atoms with Gasteiger partial charge in [0.1, 0.15) is 11.5 Å². The van der Waals surface area contributed by atoms with E-state index in [1.807, 2.05) is 0 Å². The molecular weight excluding hydrogens is 218 g/mol.